The molecule has 0 spiro atoms. The van der Waals surface area contributed by atoms with Crippen LogP contribution in [0.4, 0.5) is 4.39 Å². The first-order chi connectivity index (χ1) is 19.0. The Balaban J connectivity index is 1.33. The van der Waals surface area contributed by atoms with E-state index in [0.29, 0.717) is 0 Å². The largest absolute Gasteiger partial charge is 0.493 e. The summed E-state index contributed by atoms with van der Waals surface area (Å²) in [7, 11) is 0. The molecule has 0 amide bonds. The third-order valence-corrected chi connectivity index (χ3v) is 8.48. The van der Waals surface area contributed by atoms with E-state index in [0.717, 1.165) is 81.0 Å². The van der Waals surface area contributed by atoms with Crippen molar-refractivity contribution in [1.82, 2.24) is 9.88 Å². The van der Waals surface area contributed by atoms with Crippen LogP contribution < -0.4 is 4.74 Å². The van der Waals surface area contributed by atoms with Crippen LogP contribution in [-0.4, -0.2) is 29.6 Å². The molecule has 0 fully saturated rings. The summed E-state index contributed by atoms with van der Waals surface area (Å²) >= 11 is 0. The van der Waals surface area contributed by atoms with Gasteiger partial charge in [0, 0.05) is 36.6 Å². The molecule has 4 heteroatoms. The summed E-state index contributed by atoms with van der Waals surface area (Å²) in [5, 5.41) is 0. The first-order valence-corrected chi connectivity index (χ1v) is 14.4. The van der Waals surface area contributed by atoms with Gasteiger partial charge in [-0.3, -0.25) is 9.88 Å². The third-order valence-electron chi connectivity index (χ3n) is 8.48. The van der Waals surface area contributed by atoms with Gasteiger partial charge in [-0.1, -0.05) is 49.4 Å². The monoisotopic (exact) mass is 520 g/mol. The minimum absolute atomic E-state index is 0.102. The number of aromatic nitrogens is 1. The van der Waals surface area contributed by atoms with E-state index in [1.807, 2.05) is 12.1 Å². The van der Waals surface area contributed by atoms with Gasteiger partial charge in [0.15, 0.2) is 0 Å². The molecule has 39 heavy (non-hydrogen) atoms. The minimum Gasteiger partial charge on any atom is -0.493 e. The number of halogens is 1. The molecule has 3 aromatic carbocycles. The molecule has 0 aliphatic carbocycles. The van der Waals surface area contributed by atoms with Gasteiger partial charge in [0.2, 0.25) is 0 Å². The van der Waals surface area contributed by atoms with Crippen LogP contribution in [-0.2, 0) is 32.2 Å². The van der Waals surface area contributed by atoms with Crippen LogP contribution in [0.1, 0.15) is 52.5 Å². The molecule has 3 nitrogen and oxygen atoms in total. The number of fused-ring (bicyclic) bond motifs is 2. The summed E-state index contributed by atoms with van der Waals surface area (Å²) < 4.78 is 20.0. The number of benzene rings is 3. The first-order valence-electron chi connectivity index (χ1n) is 14.4. The highest BCUT2D eigenvalue weighted by atomic mass is 19.1. The molecule has 4 aromatic rings. The molecule has 2 aliphatic rings. The zero-order chi connectivity index (χ0) is 26.9. The van der Waals surface area contributed by atoms with Crippen molar-refractivity contribution in [1.29, 1.82) is 0 Å². The molecule has 0 unspecified atom stereocenters. The Morgan fingerprint density at radius 1 is 0.872 bits per heavy atom. The van der Waals surface area contributed by atoms with Gasteiger partial charge in [0.05, 0.1) is 6.61 Å². The number of nitrogens with zero attached hydrogens (tertiary/aromatic N) is 2. The Morgan fingerprint density at radius 2 is 1.67 bits per heavy atom. The van der Waals surface area contributed by atoms with Gasteiger partial charge >= 0.3 is 0 Å². The zero-order valence-corrected chi connectivity index (χ0v) is 23.3. The summed E-state index contributed by atoms with van der Waals surface area (Å²) in [6.07, 6.45) is 4.82. The fourth-order valence-corrected chi connectivity index (χ4v) is 6.45. The van der Waals surface area contributed by atoms with E-state index >= 15 is 0 Å². The van der Waals surface area contributed by atoms with Gasteiger partial charge in [-0.2, -0.15) is 0 Å². The van der Waals surface area contributed by atoms with Crippen LogP contribution in [0.2, 0.25) is 0 Å². The predicted octanol–water partition coefficient (Wildman–Crippen LogP) is 7.66. The molecule has 0 atom stereocenters. The van der Waals surface area contributed by atoms with E-state index < -0.39 is 0 Å². The van der Waals surface area contributed by atoms with Crippen LogP contribution in [0.3, 0.4) is 0 Å². The van der Waals surface area contributed by atoms with E-state index in [4.69, 9.17) is 9.72 Å². The molecule has 0 bridgehead atoms. The molecule has 6 rings (SSSR count). The summed E-state index contributed by atoms with van der Waals surface area (Å²) in [6.45, 7) is 10.1. The van der Waals surface area contributed by atoms with Crippen molar-refractivity contribution in [3.8, 4) is 28.0 Å². The molecule has 0 radical (unpaired) electrons. The van der Waals surface area contributed by atoms with Crippen molar-refractivity contribution >= 4 is 0 Å². The Hall–Kier alpha value is -3.50. The number of ether oxygens (including phenoxy) is 1. The maximum absolute atomic E-state index is 14.1. The van der Waals surface area contributed by atoms with E-state index in [2.05, 4.69) is 62.1 Å². The highest BCUT2D eigenvalue weighted by molar-refractivity contribution is 5.88. The molecule has 2 aliphatic heterocycles. The summed E-state index contributed by atoms with van der Waals surface area (Å²) in [6, 6.07) is 20.8. The Bertz CT molecular complexity index is 1530. The van der Waals surface area contributed by atoms with Gasteiger partial charge in [0.1, 0.15) is 11.6 Å². The Morgan fingerprint density at radius 3 is 2.51 bits per heavy atom. The highest BCUT2D eigenvalue weighted by Crippen LogP contribution is 2.41. The lowest BCUT2D eigenvalue weighted by molar-refractivity contribution is 0.256. The minimum atomic E-state index is -0.102. The fraction of sp³-hybridized carbons (Fsp3) is 0.343. The second kappa shape index (κ2) is 10.9. The van der Waals surface area contributed by atoms with Gasteiger partial charge in [-0.15, -0.1) is 0 Å². The second-order valence-electron chi connectivity index (χ2n) is 11.0. The molecule has 1 aromatic heterocycles. The normalized spacial score (nSPS) is 15.0. The molecule has 0 saturated heterocycles. The Kier molecular flexibility index (Phi) is 7.22. The molecule has 3 heterocycles. The van der Waals surface area contributed by atoms with E-state index in [1.54, 1.807) is 12.1 Å². The van der Waals surface area contributed by atoms with E-state index in [9.17, 15) is 4.39 Å². The third kappa shape index (κ3) is 5.10. The van der Waals surface area contributed by atoms with Crippen molar-refractivity contribution < 1.29 is 9.13 Å². The van der Waals surface area contributed by atoms with Crippen LogP contribution >= 0.6 is 0 Å². The molecule has 0 saturated carbocycles. The smallest absolute Gasteiger partial charge is 0.126 e. The van der Waals surface area contributed by atoms with Gasteiger partial charge in [-0.05, 0) is 109 Å². The number of aryl methyl sites for hydroxylation is 3. The zero-order valence-electron chi connectivity index (χ0n) is 23.3. The van der Waals surface area contributed by atoms with Gasteiger partial charge in [-0.25, -0.2) is 4.39 Å². The second-order valence-corrected chi connectivity index (χ2v) is 11.0. The van der Waals surface area contributed by atoms with Crippen molar-refractivity contribution in [3.63, 3.8) is 0 Å². The first kappa shape index (κ1) is 25.8. The lowest BCUT2D eigenvalue weighted by Crippen LogP contribution is -2.32. The summed E-state index contributed by atoms with van der Waals surface area (Å²) in [5.74, 6) is 0.927. The van der Waals surface area contributed by atoms with Crippen molar-refractivity contribution in [3.05, 3.63) is 106 Å². The highest BCUT2D eigenvalue weighted by Gasteiger charge is 2.22. The average Bonchev–Trinajstić information content (AvgIpc) is 2.96. The maximum Gasteiger partial charge on any atom is 0.126 e. The van der Waals surface area contributed by atoms with Crippen molar-refractivity contribution in [2.45, 2.75) is 59.4 Å². The number of hydrogen-bond donors (Lipinski definition) is 0. The van der Waals surface area contributed by atoms with E-state index in [-0.39, 0.29) is 5.82 Å². The molecular formula is C35H37FN2O. The molecule has 200 valence electrons. The fourth-order valence-electron chi connectivity index (χ4n) is 6.45. The van der Waals surface area contributed by atoms with Crippen LogP contribution in [0, 0.1) is 19.7 Å². The summed E-state index contributed by atoms with van der Waals surface area (Å²) in [4.78, 5) is 7.46. The predicted molar refractivity (Wildman–Crippen MR) is 157 cm³/mol. The van der Waals surface area contributed by atoms with E-state index in [1.165, 1.54) is 44.5 Å². The SMILES string of the molecule is CCc1c(C)nc(C)c(-c2ccc3c(c2)CCN(CCc2ccccc2F)C3)c1-c1ccc2c(c1)CCCO2. The van der Waals surface area contributed by atoms with Crippen LogP contribution in [0.15, 0.2) is 60.7 Å². The molecule has 0 N–H and O–H groups in total. The van der Waals surface area contributed by atoms with Crippen molar-refractivity contribution in [2.75, 3.05) is 19.7 Å². The van der Waals surface area contributed by atoms with Crippen LogP contribution in [0.25, 0.3) is 22.3 Å². The van der Waals surface area contributed by atoms with Gasteiger partial charge in [0.25, 0.3) is 0 Å². The maximum atomic E-state index is 14.1. The number of rotatable bonds is 6. The lowest BCUT2D eigenvalue weighted by atomic mass is 9.85. The van der Waals surface area contributed by atoms with Gasteiger partial charge < -0.3 is 4.74 Å². The number of pyridine rings is 1. The standard InChI is InChI=1S/C35H37FN2O/c1-4-31-23(2)37-24(3)34(35(31)29-13-14-33-27(21-29)9-7-19-39-33)28-11-12-30-22-38(18-16-26(30)20-28)17-15-25-8-5-6-10-32(25)36/h5-6,8,10-14,20-21H,4,7,9,15-19,22H2,1-3H3. The van der Waals surface area contributed by atoms with Crippen molar-refractivity contribution in [2.24, 2.45) is 0 Å². The molecular weight excluding hydrogens is 483 g/mol. The Labute approximate surface area is 231 Å². The quantitative estimate of drug-likeness (QED) is 0.261. The number of hydrogen-bond acceptors (Lipinski definition) is 3. The summed E-state index contributed by atoms with van der Waals surface area (Å²) in [5.41, 5.74) is 13.5. The topological polar surface area (TPSA) is 25.4 Å². The average molecular weight is 521 g/mol. The lowest BCUT2D eigenvalue weighted by Gasteiger charge is -2.29. The van der Waals surface area contributed by atoms with Crippen LogP contribution in [0.5, 0.6) is 5.75 Å².